The number of hydrogen-bond donors (Lipinski definition) is 2. The number of benzene rings is 1. The summed E-state index contributed by atoms with van der Waals surface area (Å²) in [7, 11) is 0. The molecule has 0 aliphatic carbocycles. The zero-order valence-corrected chi connectivity index (χ0v) is 11.4. The maximum Gasteiger partial charge on any atom is 0.163 e. The van der Waals surface area contributed by atoms with Gasteiger partial charge in [-0.15, -0.1) is 12.4 Å². The van der Waals surface area contributed by atoms with Crippen LogP contribution in [0.5, 0.6) is 0 Å². The fourth-order valence-corrected chi connectivity index (χ4v) is 2.43. The summed E-state index contributed by atoms with van der Waals surface area (Å²) < 4.78 is 27.1. The van der Waals surface area contributed by atoms with E-state index in [-0.39, 0.29) is 25.1 Å². The standard InChI is InChI=1S/C13H18F2N2O.ClH/c14-11-3-1-2-10(13(11)15)12(4-9-18)17-7-5-16-6-8-17;/h1-3,12,16,18H,4-9H2;1H/t12-;/m1./s1. The van der Waals surface area contributed by atoms with Crippen LogP contribution in [0.4, 0.5) is 8.78 Å². The van der Waals surface area contributed by atoms with Gasteiger partial charge in [0.25, 0.3) is 0 Å². The molecule has 1 saturated heterocycles. The smallest absolute Gasteiger partial charge is 0.163 e. The molecule has 0 saturated carbocycles. The van der Waals surface area contributed by atoms with E-state index in [9.17, 15) is 8.78 Å². The van der Waals surface area contributed by atoms with E-state index in [2.05, 4.69) is 10.2 Å². The Labute approximate surface area is 118 Å². The Morgan fingerprint density at radius 3 is 2.58 bits per heavy atom. The number of aliphatic hydroxyl groups is 1. The van der Waals surface area contributed by atoms with E-state index in [1.165, 1.54) is 6.07 Å². The van der Waals surface area contributed by atoms with Crippen molar-refractivity contribution in [2.45, 2.75) is 12.5 Å². The topological polar surface area (TPSA) is 35.5 Å². The van der Waals surface area contributed by atoms with Crippen LogP contribution in [0.1, 0.15) is 18.0 Å². The second kappa shape index (κ2) is 7.75. The van der Waals surface area contributed by atoms with E-state index >= 15 is 0 Å². The second-order valence-electron chi connectivity index (χ2n) is 4.46. The number of rotatable bonds is 4. The molecular weight excluding hydrogens is 274 g/mol. The van der Waals surface area contributed by atoms with Gasteiger partial charge in [0.2, 0.25) is 0 Å². The van der Waals surface area contributed by atoms with Crippen molar-refractivity contribution in [2.75, 3.05) is 32.8 Å². The molecule has 1 fully saturated rings. The lowest BCUT2D eigenvalue weighted by Crippen LogP contribution is -2.45. The van der Waals surface area contributed by atoms with Gasteiger partial charge in [0.1, 0.15) is 0 Å². The van der Waals surface area contributed by atoms with Gasteiger partial charge in [-0.1, -0.05) is 12.1 Å². The van der Waals surface area contributed by atoms with Gasteiger partial charge in [-0.05, 0) is 12.5 Å². The predicted molar refractivity (Wildman–Crippen MR) is 72.5 cm³/mol. The molecule has 1 heterocycles. The second-order valence-corrected chi connectivity index (χ2v) is 4.46. The Hall–Kier alpha value is -0.750. The highest BCUT2D eigenvalue weighted by atomic mass is 35.5. The molecule has 0 amide bonds. The van der Waals surface area contributed by atoms with Crippen molar-refractivity contribution in [1.29, 1.82) is 0 Å². The summed E-state index contributed by atoms with van der Waals surface area (Å²) in [5.74, 6) is -1.62. The number of hydrogen-bond acceptors (Lipinski definition) is 3. The molecule has 1 aromatic rings. The Morgan fingerprint density at radius 2 is 1.95 bits per heavy atom. The van der Waals surface area contributed by atoms with E-state index in [1.807, 2.05) is 0 Å². The lowest BCUT2D eigenvalue weighted by Gasteiger charge is -2.35. The zero-order chi connectivity index (χ0) is 13.0. The van der Waals surface area contributed by atoms with Crippen molar-refractivity contribution in [2.24, 2.45) is 0 Å². The van der Waals surface area contributed by atoms with Crippen LogP contribution in [0, 0.1) is 11.6 Å². The summed E-state index contributed by atoms with van der Waals surface area (Å²) in [6.45, 7) is 3.18. The van der Waals surface area contributed by atoms with Crippen molar-refractivity contribution < 1.29 is 13.9 Å². The molecule has 1 aliphatic heterocycles. The minimum absolute atomic E-state index is 0. The summed E-state index contributed by atoms with van der Waals surface area (Å²) in [5, 5.41) is 12.3. The van der Waals surface area contributed by atoms with Crippen LogP contribution >= 0.6 is 12.4 Å². The number of nitrogens with one attached hydrogen (secondary N) is 1. The number of halogens is 3. The van der Waals surface area contributed by atoms with E-state index < -0.39 is 11.6 Å². The summed E-state index contributed by atoms with van der Waals surface area (Å²) in [6, 6.07) is 3.97. The van der Waals surface area contributed by atoms with Gasteiger partial charge in [-0.25, -0.2) is 8.78 Å². The lowest BCUT2D eigenvalue weighted by molar-refractivity contribution is 0.138. The van der Waals surface area contributed by atoms with Gasteiger partial charge < -0.3 is 10.4 Å². The molecule has 0 aromatic heterocycles. The van der Waals surface area contributed by atoms with Crippen LogP contribution in [-0.2, 0) is 0 Å². The van der Waals surface area contributed by atoms with Crippen LogP contribution in [0.2, 0.25) is 0 Å². The van der Waals surface area contributed by atoms with Crippen molar-refractivity contribution in [3.05, 3.63) is 35.4 Å². The van der Waals surface area contributed by atoms with Gasteiger partial charge in [-0.2, -0.15) is 0 Å². The SMILES string of the molecule is Cl.OCC[C@H](c1cccc(F)c1F)N1CCNCC1. The first-order valence-corrected chi connectivity index (χ1v) is 6.23. The van der Waals surface area contributed by atoms with Crippen molar-refractivity contribution in [3.63, 3.8) is 0 Å². The third-order valence-electron chi connectivity index (χ3n) is 3.34. The minimum Gasteiger partial charge on any atom is -0.396 e. The lowest BCUT2D eigenvalue weighted by atomic mass is 10.0. The summed E-state index contributed by atoms with van der Waals surface area (Å²) in [6.07, 6.45) is 0.417. The molecule has 0 spiro atoms. The average Bonchev–Trinajstić information content (AvgIpc) is 2.41. The molecule has 108 valence electrons. The quantitative estimate of drug-likeness (QED) is 0.887. The van der Waals surface area contributed by atoms with Crippen LogP contribution in [0.25, 0.3) is 0 Å². The van der Waals surface area contributed by atoms with Gasteiger partial charge in [0, 0.05) is 44.4 Å². The van der Waals surface area contributed by atoms with Crippen LogP contribution in [0.15, 0.2) is 18.2 Å². The Morgan fingerprint density at radius 1 is 1.26 bits per heavy atom. The van der Waals surface area contributed by atoms with Gasteiger partial charge >= 0.3 is 0 Å². The highest BCUT2D eigenvalue weighted by Crippen LogP contribution is 2.27. The maximum absolute atomic E-state index is 13.8. The molecule has 19 heavy (non-hydrogen) atoms. The van der Waals surface area contributed by atoms with E-state index in [1.54, 1.807) is 6.07 Å². The maximum atomic E-state index is 13.8. The van der Waals surface area contributed by atoms with Crippen molar-refractivity contribution in [1.82, 2.24) is 10.2 Å². The summed E-state index contributed by atoms with van der Waals surface area (Å²) in [5.41, 5.74) is 0.339. The molecule has 0 bridgehead atoms. The number of nitrogens with zero attached hydrogens (tertiary/aromatic N) is 1. The van der Waals surface area contributed by atoms with E-state index in [4.69, 9.17) is 5.11 Å². The molecule has 6 heteroatoms. The van der Waals surface area contributed by atoms with Gasteiger partial charge in [0.05, 0.1) is 0 Å². The first-order chi connectivity index (χ1) is 8.74. The van der Waals surface area contributed by atoms with E-state index in [0.29, 0.717) is 12.0 Å². The van der Waals surface area contributed by atoms with Crippen LogP contribution < -0.4 is 5.32 Å². The molecule has 0 unspecified atom stereocenters. The first kappa shape index (κ1) is 16.3. The highest BCUT2D eigenvalue weighted by molar-refractivity contribution is 5.85. The molecule has 1 aliphatic rings. The molecule has 3 nitrogen and oxygen atoms in total. The van der Waals surface area contributed by atoms with Crippen LogP contribution in [-0.4, -0.2) is 42.8 Å². The third-order valence-corrected chi connectivity index (χ3v) is 3.34. The van der Waals surface area contributed by atoms with Gasteiger partial charge in [-0.3, -0.25) is 4.90 Å². The first-order valence-electron chi connectivity index (χ1n) is 6.23. The van der Waals surface area contributed by atoms with E-state index in [0.717, 1.165) is 32.2 Å². The van der Waals surface area contributed by atoms with Crippen molar-refractivity contribution in [3.8, 4) is 0 Å². The molecular formula is C13H19ClF2N2O. The zero-order valence-electron chi connectivity index (χ0n) is 10.6. The summed E-state index contributed by atoms with van der Waals surface area (Å²) in [4.78, 5) is 2.09. The minimum atomic E-state index is -0.828. The van der Waals surface area contributed by atoms with Gasteiger partial charge in [0.15, 0.2) is 11.6 Å². The molecule has 0 radical (unpaired) electrons. The molecule has 2 rings (SSSR count). The molecule has 1 aromatic carbocycles. The highest BCUT2D eigenvalue weighted by Gasteiger charge is 2.25. The predicted octanol–water partition coefficient (Wildman–Crippen LogP) is 1.72. The fourth-order valence-electron chi connectivity index (χ4n) is 2.43. The number of aliphatic hydroxyl groups excluding tert-OH is 1. The summed E-state index contributed by atoms with van der Waals surface area (Å²) >= 11 is 0. The average molecular weight is 293 g/mol. The normalized spacial score (nSPS) is 17.8. The Balaban J connectivity index is 0.00000180. The van der Waals surface area contributed by atoms with Crippen LogP contribution in [0.3, 0.4) is 0 Å². The third kappa shape index (κ3) is 3.86. The fraction of sp³-hybridized carbons (Fsp3) is 0.538. The Kier molecular flexibility index (Phi) is 6.65. The Bertz CT molecular complexity index is 400. The number of piperazine rings is 1. The van der Waals surface area contributed by atoms with Crippen molar-refractivity contribution >= 4 is 12.4 Å². The monoisotopic (exact) mass is 292 g/mol. The largest absolute Gasteiger partial charge is 0.396 e. The molecule has 1 atom stereocenters. The molecule has 2 N–H and O–H groups in total.